The molecule has 0 fully saturated rings. The number of nitrogens with one attached hydrogen (secondary N) is 2. The lowest BCUT2D eigenvalue weighted by molar-refractivity contribution is -0.117. The molecule has 0 saturated carbocycles. The standard InChI is InChI=1S/C17H21N5O3S2/c1-11-9-14(23)19-12-5-3-4-6-13(12)22(11)15(24)10-26-17-21-20-16(27-17)18-7-8-25-2/h3-6,11H,7-10H2,1-2H3,(H,18,20)(H,19,23)/t11-/m1/s1. The number of methoxy groups -OCH3 is 1. The Labute approximate surface area is 165 Å². The first-order valence-corrected chi connectivity index (χ1v) is 10.3. The zero-order valence-electron chi connectivity index (χ0n) is 15.1. The fourth-order valence-corrected chi connectivity index (χ4v) is 4.40. The number of para-hydroxylation sites is 2. The van der Waals surface area contributed by atoms with E-state index in [-0.39, 0.29) is 30.0 Å². The van der Waals surface area contributed by atoms with Gasteiger partial charge >= 0.3 is 0 Å². The second-order valence-corrected chi connectivity index (χ2v) is 8.16. The number of amides is 2. The topological polar surface area (TPSA) is 96.4 Å². The highest BCUT2D eigenvalue weighted by Crippen LogP contribution is 2.33. The first-order valence-electron chi connectivity index (χ1n) is 8.48. The smallest absolute Gasteiger partial charge is 0.237 e. The molecule has 2 aromatic rings. The van der Waals surface area contributed by atoms with Crippen molar-refractivity contribution in [3.05, 3.63) is 24.3 Å². The van der Waals surface area contributed by atoms with E-state index in [9.17, 15) is 9.59 Å². The maximum Gasteiger partial charge on any atom is 0.237 e. The summed E-state index contributed by atoms with van der Waals surface area (Å²) in [7, 11) is 1.64. The quantitative estimate of drug-likeness (QED) is 0.537. The van der Waals surface area contributed by atoms with Crippen molar-refractivity contribution in [2.75, 3.05) is 41.5 Å². The van der Waals surface area contributed by atoms with Crippen molar-refractivity contribution in [3.8, 4) is 0 Å². The molecule has 2 N–H and O–H groups in total. The summed E-state index contributed by atoms with van der Waals surface area (Å²) in [6, 6.07) is 7.14. The van der Waals surface area contributed by atoms with E-state index in [0.717, 1.165) is 5.69 Å². The highest BCUT2D eigenvalue weighted by molar-refractivity contribution is 8.01. The van der Waals surface area contributed by atoms with E-state index in [1.54, 1.807) is 18.1 Å². The number of aromatic nitrogens is 2. The molecule has 0 radical (unpaired) electrons. The predicted molar refractivity (Wildman–Crippen MR) is 108 cm³/mol. The Morgan fingerprint density at radius 2 is 2.26 bits per heavy atom. The first-order chi connectivity index (χ1) is 13.1. The maximum absolute atomic E-state index is 12.9. The first kappa shape index (κ1) is 19.6. The Bertz CT molecular complexity index is 813. The molecule has 8 nitrogen and oxygen atoms in total. The number of thioether (sulfide) groups is 1. The van der Waals surface area contributed by atoms with Crippen LogP contribution in [0.3, 0.4) is 0 Å². The average molecular weight is 408 g/mol. The number of ether oxygens (including phenoxy) is 1. The lowest BCUT2D eigenvalue weighted by atomic mass is 10.2. The van der Waals surface area contributed by atoms with Crippen LogP contribution < -0.4 is 15.5 Å². The van der Waals surface area contributed by atoms with Crippen molar-refractivity contribution in [1.29, 1.82) is 0 Å². The molecule has 27 heavy (non-hydrogen) atoms. The summed E-state index contributed by atoms with van der Waals surface area (Å²) in [5.41, 5.74) is 1.38. The Morgan fingerprint density at radius 1 is 1.44 bits per heavy atom. The average Bonchev–Trinajstić information content (AvgIpc) is 3.04. The van der Waals surface area contributed by atoms with Crippen LogP contribution in [-0.4, -0.2) is 54.1 Å². The van der Waals surface area contributed by atoms with Gasteiger partial charge in [-0.3, -0.25) is 9.59 Å². The normalized spacial score (nSPS) is 16.4. The number of hydrogen-bond donors (Lipinski definition) is 2. The molecular weight excluding hydrogens is 386 g/mol. The van der Waals surface area contributed by atoms with Gasteiger partial charge in [0, 0.05) is 26.1 Å². The summed E-state index contributed by atoms with van der Waals surface area (Å²) in [6.07, 6.45) is 0.261. The van der Waals surface area contributed by atoms with Crippen molar-refractivity contribution in [2.45, 2.75) is 23.7 Å². The largest absolute Gasteiger partial charge is 0.383 e. The molecular formula is C17H21N5O3S2. The summed E-state index contributed by atoms with van der Waals surface area (Å²) in [5, 5.41) is 14.8. The number of anilines is 3. The fraction of sp³-hybridized carbons (Fsp3) is 0.412. The Kier molecular flexibility index (Phi) is 6.64. The van der Waals surface area contributed by atoms with E-state index in [2.05, 4.69) is 20.8 Å². The molecule has 3 rings (SSSR count). The van der Waals surface area contributed by atoms with E-state index in [0.29, 0.717) is 28.3 Å². The SMILES string of the molecule is COCCNc1nnc(SCC(=O)N2c3ccccc3NC(=O)C[C@H]2C)s1. The summed E-state index contributed by atoms with van der Waals surface area (Å²) in [6.45, 7) is 3.12. The second kappa shape index (κ2) is 9.16. The van der Waals surface area contributed by atoms with Crippen molar-refractivity contribution in [2.24, 2.45) is 0 Å². The highest BCUT2D eigenvalue weighted by Gasteiger charge is 2.29. The number of hydrogen-bond acceptors (Lipinski definition) is 8. The van der Waals surface area contributed by atoms with Gasteiger partial charge in [0.15, 0.2) is 4.34 Å². The number of benzene rings is 1. The lowest BCUT2D eigenvalue weighted by Crippen LogP contribution is -2.40. The summed E-state index contributed by atoms with van der Waals surface area (Å²) >= 11 is 2.74. The molecule has 0 saturated heterocycles. The van der Waals surface area contributed by atoms with Gasteiger partial charge in [-0.1, -0.05) is 35.2 Å². The van der Waals surface area contributed by atoms with Gasteiger partial charge in [0.05, 0.1) is 23.7 Å². The third kappa shape index (κ3) is 4.96. The van der Waals surface area contributed by atoms with Gasteiger partial charge in [0.25, 0.3) is 0 Å². The van der Waals surface area contributed by atoms with Crippen LogP contribution in [-0.2, 0) is 14.3 Å². The van der Waals surface area contributed by atoms with Gasteiger partial charge in [-0.05, 0) is 19.1 Å². The molecule has 1 aliphatic rings. The number of nitrogens with zero attached hydrogens (tertiary/aromatic N) is 3. The molecule has 1 aromatic heterocycles. The fourth-order valence-electron chi connectivity index (χ4n) is 2.76. The van der Waals surface area contributed by atoms with Crippen molar-refractivity contribution in [3.63, 3.8) is 0 Å². The van der Waals surface area contributed by atoms with Crippen LogP contribution in [0.1, 0.15) is 13.3 Å². The molecule has 0 aliphatic carbocycles. The Balaban J connectivity index is 1.66. The molecule has 1 atom stereocenters. The van der Waals surface area contributed by atoms with Crippen LogP contribution in [0.4, 0.5) is 16.5 Å². The van der Waals surface area contributed by atoms with E-state index < -0.39 is 0 Å². The molecule has 0 bridgehead atoms. The van der Waals surface area contributed by atoms with Crippen molar-refractivity contribution >= 4 is 51.4 Å². The van der Waals surface area contributed by atoms with Gasteiger partial charge in [-0.25, -0.2) is 0 Å². The molecule has 1 aromatic carbocycles. The van der Waals surface area contributed by atoms with Gasteiger partial charge in [0.2, 0.25) is 16.9 Å². The third-order valence-electron chi connectivity index (χ3n) is 3.94. The van der Waals surface area contributed by atoms with E-state index in [4.69, 9.17) is 4.74 Å². The number of carbonyl (C=O) groups excluding carboxylic acids is 2. The summed E-state index contributed by atoms with van der Waals surface area (Å²) < 4.78 is 5.70. The van der Waals surface area contributed by atoms with Crippen LogP contribution >= 0.6 is 23.1 Å². The maximum atomic E-state index is 12.9. The summed E-state index contributed by atoms with van der Waals surface area (Å²) in [4.78, 5) is 26.6. The Morgan fingerprint density at radius 3 is 3.07 bits per heavy atom. The molecule has 10 heteroatoms. The van der Waals surface area contributed by atoms with Crippen LogP contribution in [0.5, 0.6) is 0 Å². The van der Waals surface area contributed by atoms with Gasteiger partial charge in [0.1, 0.15) is 0 Å². The van der Waals surface area contributed by atoms with Gasteiger partial charge in [-0.2, -0.15) is 0 Å². The van der Waals surface area contributed by atoms with E-state index in [1.165, 1.54) is 23.1 Å². The zero-order chi connectivity index (χ0) is 19.2. The monoisotopic (exact) mass is 407 g/mol. The highest BCUT2D eigenvalue weighted by atomic mass is 32.2. The third-order valence-corrected chi connectivity index (χ3v) is 5.93. The van der Waals surface area contributed by atoms with Crippen LogP contribution in [0.25, 0.3) is 0 Å². The zero-order valence-corrected chi connectivity index (χ0v) is 16.7. The minimum absolute atomic E-state index is 0.0689. The van der Waals surface area contributed by atoms with Gasteiger partial charge in [-0.15, -0.1) is 10.2 Å². The van der Waals surface area contributed by atoms with Crippen molar-refractivity contribution < 1.29 is 14.3 Å². The molecule has 0 spiro atoms. The molecule has 1 aliphatic heterocycles. The molecule has 2 heterocycles. The number of rotatable bonds is 7. The van der Waals surface area contributed by atoms with E-state index >= 15 is 0 Å². The van der Waals surface area contributed by atoms with Crippen molar-refractivity contribution in [1.82, 2.24) is 10.2 Å². The second-order valence-electron chi connectivity index (χ2n) is 5.96. The van der Waals surface area contributed by atoms with Crippen LogP contribution in [0, 0.1) is 0 Å². The lowest BCUT2D eigenvalue weighted by Gasteiger charge is -2.27. The predicted octanol–water partition coefficient (Wildman–Crippen LogP) is 2.45. The van der Waals surface area contributed by atoms with Gasteiger partial charge < -0.3 is 20.3 Å². The summed E-state index contributed by atoms with van der Waals surface area (Å²) in [5.74, 6) is 0.0638. The number of fused-ring (bicyclic) bond motifs is 1. The minimum Gasteiger partial charge on any atom is -0.383 e. The minimum atomic E-state index is -0.220. The van der Waals surface area contributed by atoms with Crippen LogP contribution in [0.15, 0.2) is 28.6 Å². The molecule has 2 amide bonds. The van der Waals surface area contributed by atoms with Crippen LogP contribution in [0.2, 0.25) is 0 Å². The molecule has 144 valence electrons. The number of carbonyl (C=O) groups is 2. The molecule has 0 unspecified atom stereocenters. The Hall–Kier alpha value is -2.17. The van der Waals surface area contributed by atoms with E-state index in [1.807, 2.05) is 25.1 Å².